The summed E-state index contributed by atoms with van der Waals surface area (Å²) >= 11 is 1.53. The fraction of sp³-hybridized carbons (Fsp3) is 0.520. The van der Waals surface area contributed by atoms with Gasteiger partial charge in [-0.15, -0.1) is 11.3 Å². The van der Waals surface area contributed by atoms with E-state index in [0.717, 1.165) is 69.4 Å². The Balaban J connectivity index is 1.34. The smallest absolute Gasteiger partial charge is 0.341 e. The molecule has 1 aromatic heterocycles. The van der Waals surface area contributed by atoms with Gasteiger partial charge >= 0.3 is 5.97 Å². The zero-order valence-corrected chi connectivity index (χ0v) is 20.0. The maximum Gasteiger partial charge on any atom is 0.341 e. The molecule has 2 aromatic rings. The molecule has 6 nitrogen and oxygen atoms in total. The van der Waals surface area contributed by atoms with Gasteiger partial charge in [0.05, 0.1) is 18.7 Å². The first kappa shape index (κ1) is 23.9. The highest BCUT2D eigenvalue weighted by Crippen LogP contribution is 2.38. The molecule has 0 atom stereocenters. The second-order valence-electron chi connectivity index (χ2n) is 8.72. The molecular formula is C25H32FN3O3S. The van der Waals surface area contributed by atoms with Crippen molar-refractivity contribution < 1.29 is 18.7 Å². The molecule has 2 heterocycles. The molecule has 2 aliphatic rings. The summed E-state index contributed by atoms with van der Waals surface area (Å²) in [4.78, 5) is 31.1. The summed E-state index contributed by atoms with van der Waals surface area (Å²) in [5.74, 6) is -0.649. The van der Waals surface area contributed by atoms with Crippen LogP contribution in [0.4, 0.5) is 9.39 Å². The Bertz CT molecular complexity index is 985. The Morgan fingerprint density at radius 2 is 1.85 bits per heavy atom. The van der Waals surface area contributed by atoms with E-state index in [4.69, 9.17) is 4.74 Å². The standard InChI is InChI=1S/C25H32FN3O3S/c1-2-32-25(31)23-20-9-4-3-5-10-21(20)33-24(23)27-22(30)17-29-13-11-28(12-14-29)16-18-7-6-8-19(26)15-18/h6-8,15H,2-5,9-14,16-17H2,1H3,(H,27,30). The van der Waals surface area contributed by atoms with E-state index in [1.165, 1.54) is 22.3 Å². The molecule has 1 aliphatic heterocycles. The predicted octanol–water partition coefficient (Wildman–Crippen LogP) is 4.09. The maximum atomic E-state index is 13.4. The number of carbonyl (C=O) groups excluding carboxylic acids is 2. The van der Waals surface area contributed by atoms with Gasteiger partial charge in [0.2, 0.25) is 5.91 Å². The highest BCUT2D eigenvalue weighted by Gasteiger charge is 2.27. The number of nitrogens with one attached hydrogen (secondary N) is 1. The summed E-state index contributed by atoms with van der Waals surface area (Å²) in [7, 11) is 0. The number of ether oxygens (including phenoxy) is 1. The number of rotatable bonds is 7. The van der Waals surface area contributed by atoms with Crippen LogP contribution in [0.15, 0.2) is 24.3 Å². The molecule has 0 spiro atoms. The van der Waals surface area contributed by atoms with E-state index in [1.54, 1.807) is 19.1 Å². The number of piperazine rings is 1. The molecule has 178 valence electrons. The average Bonchev–Trinajstić information content (AvgIpc) is 2.95. The SMILES string of the molecule is CCOC(=O)c1c(NC(=O)CN2CCN(Cc3cccc(F)c3)CC2)sc2c1CCCCC2. The molecule has 0 radical (unpaired) electrons. The number of hydrogen-bond donors (Lipinski definition) is 1. The van der Waals surface area contributed by atoms with Crippen molar-refractivity contribution in [3.8, 4) is 0 Å². The number of fused-ring (bicyclic) bond motifs is 1. The van der Waals surface area contributed by atoms with Crippen molar-refractivity contribution in [3.63, 3.8) is 0 Å². The minimum Gasteiger partial charge on any atom is -0.462 e. The third-order valence-corrected chi connectivity index (χ3v) is 7.49. The van der Waals surface area contributed by atoms with Crippen molar-refractivity contribution in [1.29, 1.82) is 0 Å². The van der Waals surface area contributed by atoms with Gasteiger partial charge in [-0.25, -0.2) is 9.18 Å². The summed E-state index contributed by atoms with van der Waals surface area (Å²) < 4.78 is 18.7. The summed E-state index contributed by atoms with van der Waals surface area (Å²) in [6, 6.07) is 6.70. The number of esters is 1. The average molecular weight is 474 g/mol. The second kappa shape index (κ2) is 11.2. The number of anilines is 1. The lowest BCUT2D eigenvalue weighted by molar-refractivity contribution is -0.117. The zero-order valence-electron chi connectivity index (χ0n) is 19.2. The van der Waals surface area contributed by atoms with Crippen LogP contribution < -0.4 is 5.32 Å². The Hall–Kier alpha value is -2.29. The van der Waals surface area contributed by atoms with E-state index in [-0.39, 0.29) is 17.7 Å². The van der Waals surface area contributed by atoms with Crippen LogP contribution in [-0.2, 0) is 28.9 Å². The molecule has 1 aromatic carbocycles. The quantitative estimate of drug-likeness (QED) is 0.485. The molecule has 1 aliphatic carbocycles. The van der Waals surface area contributed by atoms with E-state index in [2.05, 4.69) is 15.1 Å². The van der Waals surface area contributed by atoms with E-state index >= 15 is 0 Å². The van der Waals surface area contributed by atoms with Crippen molar-refractivity contribution >= 4 is 28.2 Å². The Kier molecular flexibility index (Phi) is 8.11. The first-order valence-corrected chi connectivity index (χ1v) is 12.7. The van der Waals surface area contributed by atoms with Gasteiger partial charge in [0.15, 0.2) is 0 Å². The van der Waals surface area contributed by atoms with E-state index < -0.39 is 0 Å². The van der Waals surface area contributed by atoms with Gasteiger partial charge in [-0.2, -0.15) is 0 Å². The van der Waals surface area contributed by atoms with Gasteiger partial charge in [0, 0.05) is 37.6 Å². The van der Waals surface area contributed by atoms with E-state index in [1.807, 2.05) is 6.07 Å². The van der Waals surface area contributed by atoms with Crippen molar-refractivity contribution in [2.75, 3.05) is 44.6 Å². The molecule has 0 saturated carbocycles. The minimum absolute atomic E-state index is 0.101. The largest absolute Gasteiger partial charge is 0.462 e. The van der Waals surface area contributed by atoms with Crippen molar-refractivity contribution in [2.45, 2.75) is 45.6 Å². The van der Waals surface area contributed by atoms with Crippen LogP contribution in [0.1, 0.15) is 52.5 Å². The van der Waals surface area contributed by atoms with Crippen LogP contribution in [0.5, 0.6) is 0 Å². The second-order valence-corrected chi connectivity index (χ2v) is 9.82. The van der Waals surface area contributed by atoms with Gasteiger partial charge in [-0.05, 0) is 55.9 Å². The number of aryl methyl sites for hydroxylation is 1. The van der Waals surface area contributed by atoms with Gasteiger partial charge in [0.1, 0.15) is 10.8 Å². The van der Waals surface area contributed by atoms with Crippen molar-refractivity contribution in [2.24, 2.45) is 0 Å². The molecular weight excluding hydrogens is 441 g/mol. The van der Waals surface area contributed by atoms with Crippen LogP contribution in [0, 0.1) is 5.82 Å². The van der Waals surface area contributed by atoms with Crippen LogP contribution >= 0.6 is 11.3 Å². The number of nitrogens with zero attached hydrogens (tertiary/aromatic N) is 2. The molecule has 33 heavy (non-hydrogen) atoms. The number of benzene rings is 1. The summed E-state index contributed by atoms with van der Waals surface area (Å²) in [6.45, 7) is 6.31. The van der Waals surface area contributed by atoms with Crippen LogP contribution in [0.3, 0.4) is 0 Å². The molecule has 1 fully saturated rings. The zero-order chi connectivity index (χ0) is 23.2. The number of carbonyl (C=O) groups is 2. The summed E-state index contributed by atoms with van der Waals surface area (Å²) in [5.41, 5.74) is 2.59. The minimum atomic E-state index is -0.335. The lowest BCUT2D eigenvalue weighted by atomic mass is 10.1. The Morgan fingerprint density at radius 3 is 2.61 bits per heavy atom. The molecule has 1 N–H and O–H groups in total. The molecule has 1 amide bonds. The topological polar surface area (TPSA) is 61.9 Å². The Labute approximate surface area is 198 Å². The first-order chi connectivity index (χ1) is 16.0. The highest BCUT2D eigenvalue weighted by atomic mass is 32.1. The van der Waals surface area contributed by atoms with E-state index in [0.29, 0.717) is 30.3 Å². The van der Waals surface area contributed by atoms with E-state index in [9.17, 15) is 14.0 Å². The highest BCUT2D eigenvalue weighted by molar-refractivity contribution is 7.17. The normalized spacial score (nSPS) is 17.3. The number of halogens is 1. The number of hydrogen-bond acceptors (Lipinski definition) is 6. The van der Waals surface area contributed by atoms with Crippen molar-refractivity contribution in [1.82, 2.24) is 9.80 Å². The molecule has 8 heteroatoms. The molecule has 0 unspecified atom stereocenters. The third kappa shape index (κ3) is 6.19. The number of thiophene rings is 1. The van der Waals surface area contributed by atoms with Gasteiger partial charge < -0.3 is 10.1 Å². The number of amides is 1. The molecule has 1 saturated heterocycles. The van der Waals surface area contributed by atoms with Crippen LogP contribution in [-0.4, -0.2) is 61.0 Å². The molecule has 0 bridgehead atoms. The van der Waals surface area contributed by atoms with Gasteiger partial charge in [-0.3, -0.25) is 14.6 Å². The maximum absolute atomic E-state index is 13.4. The fourth-order valence-corrected chi connectivity index (χ4v) is 5.91. The monoisotopic (exact) mass is 473 g/mol. The lowest BCUT2D eigenvalue weighted by Crippen LogP contribution is -2.48. The summed E-state index contributed by atoms with van der Waals surface area (Å²) in [6.07, 6.45) is 5.15. The van der Waals surface area contributed by atoms with Gasteiger partial charge in [0.25, 0.3) is 0 Å². The molecule has 4 rings (SSSR count). The Morgan fingerprint density at radius 1 is 1.09 bits per heavy atom. The summed E-state index contributed by atoms with van der Waals surface area (Å²) in [5, 5.41) is 3.65. The van der Waals surface area contributed by atoms with Crippen molar-refractivity contribution in [3.05, 3.63) is 51.7 Å². The van der Waals surface area contributed by atoms with Crippen LogP contribution in [0.2, 0.25) is 0 Å². The third-order valence-electron chi connectivity index (χ3n) is 6.28. The van der Waals surface area contributed by atoms with Gasteiger partial charge in [-0.1, -0.05) is 18.6 Å². The predicted molar refractivity (Wildman–Crippen MR) is 128 cm³/mol. The first-order valence-electron chi connectivity index (χ1n) is 11.8. The van der Waals surface area contributed by atoms with Crippen LogP contribution in [0.25, 0.3) is 0 Å². The lowest BCUT2D eigenvalue weighted by Gasteiger charge is -2.34. The fourth-order valence-electron chi connectivity index (χ4n) is 4.62.